The van der Waals surface area contributed by atoms with Crippen molar-refractivity contribution in [3.8, 4) is 0 Å². The molecule has 2 nitrogen and oxygen atoms in total. The Morgan fingerprint density at radius 1 is 1.25 bits per heavy atom. The van der Waals surface area contributed by atoms with Gasteiger partial charge in [-0.05, 0) is 37.8 Å². The summed E-state index contributed by atoms with van der Waals surface area (Å²) >= 11 is 6.13. The van der Waals surface area contributed by atoms with E-state index < -0.39 is 0 Å². The number of aryl methyl sites for hydroxylation is 2. The van der Waals surface area contributed by atoms with Crippen molar-refractivity contribution in [3.63, 3.8) is 0 Å². The molecule has 1 aliphatic carbocycles. The summed E-state index contributed by atoms with van der Waals surface area (Å²) in [7, 11) is 0. The van der Waals surface area contributed by atoms with Crippen LogP contribution >= 0.6 is 11.6 Å². The maximum atomic E-state index is 12.3. The molecule has 2 rings (SSSR count). The van der Waals surface area contributed by atoms with E-state index in [0.29, 0.717) is 12.3 Å². The van der Waals surface area contributed by atoms with Crippen molar-refractivity contribution in [1.29, 1.82) is 0 Å². The van der Waals surface area contributed by atoms with Gasteiger partial charge in [-0.1, -0.05) is 43.0 Å². The molecule has 3 heteroatoms. The monoisotopic (exact) mass is 293 g/mol. The van der Waals surface area contributed by atoms with Gasteiger partial charge in [0, 0.05) is 5.88 Å². The van der Waals surface area contributed by atoms with Crippen LogP contribution in [0.3, 0.4) is 0 Å². The molecule has 1 N–H and O–H groups in total. The molecular weight excluding hydrogens is 270 g/mol. The van der Waals surface area contributed by atoms with E-state index in [4.69, 9.17) is 11.6 Å². The van der Waals surface area contributed by atoms with Gasteiger partial charge in [-0.2, -0.15) is 0 Å². The molecule has 1 saturated carbocycles. The van der Waals surface area contributed by atoms with E-state index in [2.05, 4.69) is 37.4 Å². The molecule has 0 saturated heterocycles. The van der Waals surface area contributed by atoms with E-state index in [9.17, 15) is 4.79 Å². The number of nitrogens with one attached hydrogen (secondary N) is 1. The summed E-state index contributed by atoms with van der Waals surface area (Å²) in [6.45, 7) is 4.11. The van der Waals surface area contributed by atoms with Gasteiger partial charge in [0.1, 0.15) is 0 Å². The molecule has 0 unspecified atom stereocenters. The van der Waals surface area contributed by atoms with Gasteiger partial charge in [0.2, 0.25) is 5.91 Å². The minimum atomic E-state index is -0.172. The number of hydrogen-bond acceptors (Lipinski definition) is 1. The number of rotatable bonds is 4. The van der Waals surface area contributed by atoms with Gasteiger partial charge in [0.15, 0.2) is 0 Å². The lowest BCUT2D eigenvalue weighted by Crippen LogP contribution is -2.51. The topological polar surface area (TPSA) is 29.1 Å². The SMILES string of the molecule is Cc1ccc(C)c(CC(=O)NC2(CCl)CCCCC2)c1. The summed E-state index contributed by atoms with van der Waals surface area (Å²) in [5.74, 6) is 0.618. The van der Waals surface area contributed by atoms with Crippen molar-refractivity contribution < 1.29 is 4.79 Å². The lowest BCUT2D eigenvalue weighted by atomic mass is 9.83. The molecule has 1 aliphatic rings. The van der Waals surface area contributed by atoms with Crippen LogP contribution in [-0.4, -0.2) is 17.3 Å². The largest absolute Gasteiger partial charge is 0.349 e. The van der Waals surface area contributed by atoms with Crippen molar-refractivity contribution in [2.45, 2.75) is 57.9 Å². The summed E-state index contributed by atoms with van der Waals surface area (Å²) in [4.78, 5) is 12.3. The average molecular weight is 294 g/mol. The van der Waals surface area contributed by atoms with E-state index in [1.54, 1.807) is 0 Å². The molecule has 0 aromatic heterocycles. The molecule has 0 spiro atoms. The first-order valence-electron chi connectivity index (χ1n) is 7.48. The van der Waals surface area contributed by atoms with Crippen LogP contribution in [0, 0.1) is 13.8 Å². The fraction of sp³-hybridized carbons (Fsp3) is 0.588. The van der Waals surface area contributed by atoms with E-state index in [-0.39, 0.29) is 11.4 Å². The fourth-order valence-electron chi connectivity index (χ4n) is 3.02. The second-order valence-corrected chi connectivity index (χ2v) is 6.40. The zero-order chi connectivity index (χ0) is 14.6. The summed E-state index contributed by atoms with van der Waals surface area (Å²) in [5.41, 5.74) is 3.31. The Hall–Kier alpha value is -1.02. The number of carbonyl (C=O) groups excluding carboxylic acids is 1. The molecule has 0 atom stereocenters. The van der Waals surface area contributed by atoms with Gasteiger partial charge in [-0.25, -0.2) is 0 Å². The highest BCUT2D eigenvalue weighted by Crippen LogP contribution is 2.29. The van der Waals surface area contributed by atoms with Crippen molar-refractivity contribution in [2.24, 2.45) is 0 Å². The Kier molecular flexibility index (Phi) is 5.09. The van der Waals surface area contributed by atoms with Gasteiger partial charge in [0.25, 0.3) is 0 Å². The summed E-state index contributed by atoms with van der Waals surface area (Å²) in [6.07, 6.45) is 6.05. The molecule has 0 aliphatic heterocycles. The maximum absolute atomic E-state index is 12.3. The maximum Gasteiger partial charge on any atom is 0.224 e. The summed E-state index contributed by atoms with van der Waals surface area (Å²) in [6, 6.07) is 6.26. The Morgan fingerprint density at radius 2 is 1.95 bits per heavy atom. The van der Waals surface area contributed by atoms with Gasteiger partial charge >= 0.3 is 0 Å². The molecule has 0 radical (unpaired) electrons. The van der Waals surface area contributed by atoms with Crippen LogP contribution in [0.4, 0.5) is 0 Å². The number of hydrogen-bond donors (Lipinski definition) is 1. The van der Waals surface area contributed by atoms with Crippen LogP contribution in [0.15, 0.2) is 18.2 Å². The molecule has 0 bridgehead atoms. The second-order valence-electron chi connectivity index (χ2n) is 6.13. The van der Waals surface area contributed by atoms with Crippen molar-refractivity contribution in [3.05, 3.63) is 34.9 Å². The van der Waals surface area contributed by atoms with Crippen LogP contribution in [0.1, 0.15) is 48.8 Å². The fourth-order valence-corrected chi connectivity index (χ4v) is 3.36. The third kappa shape index (κ3) is 3.76. The van der Waals surface area contributed by atoms with Crippen molar-refractivity contribution in [2.75, 3.05) is 5.88 Å². The van der Waals surface area contributed by atoms with Crippen LogP contribution in [0.25, 0.3) is 0 Å². The first kappa shape index (κ1) is 15.4. The van der Waals surface area contributed by atoms with Crippen LogP contribution in [0.5, 0.6) is 0 Å². The van der Waals surface area contributed by atoms with E-state index in [0.717, 1.165) is 31.2 Å². The molecule has 1 aromatic carbocycles. The molecule has 1 aromatic rings. The molecular formula is C17H24ClNO. The third-order valence-electron chi connectivity index (χ3n) is 4.33. The highest BCUT2D eigenvalue weighted by molar-refractivity contribution is 6.18. The Labute approximate surface area is 126 Å². The van der Waals surface area contributed by atoms with Gasteiger partial charge in [-0.3, -0.25) is 4.79 Å². The highest BCUT2D eigenvalue weighted by atomic mass is 35.5. The Balaban J connectivity index is 2.02. The average Bonchev–Trinajstić information content (AvgIpc) is 2.44. The van der Waals surface area contributed by atoms with Crippen molar-refractivity contribution in [1.82, 2.24) is 5.32 Å². The van der Waals surface area contributed by atoms with Crippen LogP contribution in [-0.2, 0) is 11.2 Å². The lowest BCUT2D eigenvalue weighted by molar-refractivity contribution is -0.122. The van der Waals surface area contributed by atoms with Crippen LogP contribution in [0.2, 0.25) is 0 Å². The zero-order valence-corrected chi connectivity index (χ0v) is 13.2. The van der Waals surface area contributed by atoms with E-state index in [1.165, 1.54) is 17.5 Å². The molecule has 110 valence electrons. The van der Waals surface area contributed by atoms with E-state index >= 15 is 0 Å². The van der Waals surface area contributed by atoms with Crippen LogP contribution < -0.4 is 5.32 Å². The number of benzene rings is 1. The predicted octanol–water partition coefficient (Wildman–Crippen LogP) is 3.90. The number of halogens is 1. The number of alkyl halides is 1. The normalized spacial score (nSPS) is 17.8. The predicted molar refractivity (Wildman–Crippen MR) is 84.3 cm³/mol. The first-order valence-corrected chi connectivity index (χ1v) is 8.01. The first-order chi connectivity index (χ1) is 9.54. The molecule has 1 fully saturated rings. The highest BCUT2D eigenvalue weighted by Gasteiger charge is 2.32. The smallest absolute Gasteiger partial charge is 0.224 e. The lowest BCUT2D eigenvalue weighted by Gasteiger charge is -2.36. The van der Waals surface area contributed by atoms with Crippen molar-refractivity contribution >= 4 is 17.5 Å². The molecule has 20 heavy (non-hydrogen) atoms. The standard InChI is InChI=1S/C17H24ClNO/c1-13-6-7-14(2)15(10-13)11-16(20)19-17(12-18)8-4-3-5-9-17/h6-7,10H,3-5,8-9,11-12H2,1-2H3,(H,19,20). The third-order valence-corrected chi connectivity index (χ3v) is 4.84. The number of amides is 1. The van der Waals surface area contributed by atoms with Gasteiger partial charge in [-0.15, -0.1) is 11.6 Å². The molecule has 1 amide bonds. The minimum Gasteiger partial charge on any atom is -0.349 e. The zero-order valence-electron chi connectivity index (χ0n) is 12.5. The van der Waals surface area contributed by atoms with E-state index in [1.807, 2.05) is 0 Å². The van der Waals surface area contributed by atoms with Gasteiger partial charge in [0.05, 0.1) is 12.0 Å². The summed E-state index contributed by atoms with van der Waals surface area (Å²) in [5, 5.41) is 3.21. The Bertz CT molecular complexity index is 478. The number of carbonyl (C=O) groups is 1. The Morgan fingerprint density at radius 3 is 2.60 bits per heavy atom. The minimum absolute atomic E-state index is 0.0984. The summed E-state index contributed by atoms with van der Waals surface area (Å²) < 4.78 is 0. The second kappa shape index (κ2) is 6.62. The van der Waals surface area contributed by atoms with Gasteiger partial charge < -0.3 is 5.32 Å². The molecule has 0 heterocycles. The quantitative estimate of drug-likeness (QED) is 0.838.